The van der Waals surface area contributed by atoms with Gasteiger partial charge in [-0.25, -0.2) is 4.98 Å². The monoisotopic (exact) mass is 307 g/mol. The summed E-state index contributed by atoms with van der Waals surface area (Å²) >= 11 is 12.1. The Hall–Kier alpha value is -0.520. The molecule has 4 nitrogen and oxygen atoms in total. The third kappa shape index (κ3) is 3.28. The fraction of sp³-hybridized carbons (Fsp3) is 0.545. The topological polar surface area (TPSA) is 54.0 Å². The summed E-state index contributed by atoms with van der Waals surface area (Å²) in [6.07, 6.45) is 1.75. The number of halogens is 2. The van der Waals surface area contributed by atoms with Gasteiger partial charge in [-0.3, -0.25) is 4.21 Å². The Bertz CT molecular complexity index is 460. The zero-order chi connectivity index (χ0) is 13.1. The van der Waals surface area contributed by atoms with Gasteiger partial charge >= 0.3 is 0 Å². The Kier molecular flexibility index (Phi) is 4.70. The molecule has 0 unspecified atom stereocenters. The van der Waals surface area contributed by atoms with E-state index in [-0.39, 0.29) is 6.04 Å². The van der Waals surface area contributed by atoms with Gasteiger partial charge in [0.2, 0.25) is 0 Å². The van der Waals surface area contributed by atoms with Crippen LogP contribution in [0.15, 0.2) is 6.07 Å². The summed E-state index contributed by atoms with van der Waals surface area (Å²) in [5.74, 6) is 2.70. The molecule has 1 aliphatic rings. The normalized spacial score (nSPS) is 23.7. The molecule has 1 aliphatic heterocycles. The number of pyridine rings is 1. The second-order valence-corrected chi connectivity index (χ2v) is 6.68. The average molecular weight is 308 g/mol. The van der Waals surface area contributed by atoms with E-state index < -0.39 is 10.8 Å². The van der Waals surface area contributed by atoms with Crippen molar-refractivity contribution >= 4 is 45.6 Å². The van der Waals surface area contributed by atoms with Crippen LogP contribution in [0, 0.1) is 0 Å². The average Bonchev–Trinajstić information content (AvgIpc) is 2.35. The molecule has 1 aromatic heterocycles. The van der Waals surface area contributed by atoms with Crippen LogP contribution in [0.3, 0.4) is 0 Å². The van der Waals surface area contributed by atoms with Crippen molar-refractivity contribution in [1.29, 1.82) is 0 Å². The molecule has 100 valence electrons. The van der Waals surface area contributed by atoms with Crippen molar-refractivity contribution in [3.05, 3.63) is 16.1 Å². The van der Waals surface area contributed by atoms with Gasteiger partial charge in [0.15, 0.2) is 0 Å². The second-order valence-electron chi connectivity index (χ2n) is 4.17. The van der Waals surface area contributed by atoms with E-state index in [1.54, 1.807) is 13.1 Å². The highest BCUT2D eigenvalue weighted by atomic mass is 35.5. The summed E-state index contributed by atoms with van der Waals surface area (Å²) < 4.78 is 11.3. The lowest BCUT2D eigenvalue weighted by Gasteiger charge is -2.23. The van der Waals surface area contributed by atoms with Gasteiger partial charge in [0.05, 0.1) is 10.0 Å². The standard InChI is InChI=1S/C11H15Cl2N3OS/c1-14-10-8(12)6-9(13)11(16-10)15-7-2-4-18(17)5-3-7/h6-7H,2-5H2,1H3,(H2,14,15,16). The van der Waals surface area contributed by atoms with E-state index >= 15 is 0 Å². The smallest absolute Gasteiger partial charge is 0.147 e. The quantitative estimate of drug-likeness (QED) is 0.901. The van der Waals surface area contributed by atoms with E-state index in [0.717, 1.165) is 24.3 Å². The van der Waals surface area contributed by atoms with Gasteiger partial charge in [-0.2, -0.15) is 0 Å². The molecular formula is C11H15Cl2N3OS. The second kappa shape index (κ2) is 6.08. The van der Waals surface area contributed by atoms with Crippen molar-refractivity contribution in [2.24, 2.45) is 0 Å². The zero-order valence-electron chi connectivity index (χ0n) is 10.0. The molecule has 0 atom stereocenters. The first kappa shape index (κ1) is 13.9. The van der Waals surface area contributed by atoms with Gasteiger partial charge in [0.1, 0.15) is 11.6 Å². The zero-order valence-corrected chi connectivity index (χ0v) is 12.3. The molecule has 18 heavy (non-hydrogen) atoms. The van der Waals surface area contributed by atoms with Gasteiger partial charge in [0.25, 0.3) is 0 Å². The molecule has 0 spiro atoms. The predicted octanol–water partition coefficient (Wildman–Crippen LogP) is 2.75. The molecule has 1 saturated heterocycles. The first-order chi connectivity index (χ1) is 8.60. The molecule has 2 heterocycles. The van der Waals surface area contributed by atoms with Gasteiger partial charge in [-0.15, -0.1) is 0 Å². The van der Waals surface area contributed by atoms with Crippen LogP contribution in [-0.2, 0) is 10.8 Å². The fourth-order valence-electron chi connectivity index (χ4n) is 1.87. The van der Waals surface area contributed by atoms with Crippen LogP contribution in [0.4, 0.5) is 11.6 Å². The van der Waals surface area contributed by atoms with E-state index in [1.807, 2.05) is 0 Å². The van der Waals surface area contributed by atoms with Crippen LogP contribution in [-0.4, -0.2) is 33.8 Å². The van der Waals surface area contributed by atoms with Crippen LogP contribution in [0.1, 0.15) is 12.8 Å². The number of rotatable bonds is 3. The number of aromatic nitrogens is 1. The molecule has 0 radical (unpaired) electrons. The highest BCUT2D eigenvalue weighted by molar-refractivity contribution is 7.85. The maximum atomic E-state index is 11.3. The third-order valence-electron chi connectivity index (χ3n) is 2.90. The molecule has 7 heteroatoms. The lowest BCUT2D eigenvalue weighted by Crippen LogP contribution is -2.29. The van der Waals surface area contributed by atoms with E-state index in [0.29, 0.717) is 21.7 Å². The molecule has 1 aromatic rings. The van der Waals surface area contributed by atoms with Crippen molar-refractivity contribution in [3.8, 4) is 0 Å². The maximum Gasteiger partial charge on any atom is 0.147 e. The minimum atomic E-state index is -0.661. The van der Waals surface area contributed by atoms with Gasteiger partial charge < -0.3 is 10.6 Å². The Labute approximate surface area is 119 Å². The summed E-state index contributed by atoms with van der Waals surface area (Å²) in [4.78, 5) is 4.34. The lowest BCUT2D eigenvalue weighted by atomic mass is 10.1. The van der Waals surface area contributed by atoms with Crippen molar-refractivity contribution in [1.82, 2.24) is 4.98 Å². The molecular weight excluding hydrogens is 293 g/mol. The summed E-state index contributed by atoms with van der Waals surface area (Å²) in [6.45, 7) is 0. The molecule has 0 amide bonds. The first-order valence-corrected chi connectivity index (χ1v) is 8.00. The van der Waals surface area contributed by atoms with Crippen LogP contribution >= 0.6 is 23.2 Å². The van der Waals surface area contributed by atoms with Gasteiger partial charge in [-0.05, 0) is 18.9 Å². The van der Waals surface area contributed by atoms with E-state index in [9.17, 15) is 4.21 Å². The molecule has 2 rings (SSSR count). The molecule has 1 fully saturated rings. The lowest BCUT2D eigenvalue weighted by molar-refractivity contribution is 0.622. The minimum absolute atomic E-state index is 0.276. The molecule has 0 aromatic carbocycles. The predicted molar refractivity (Wildman–Crippen MR) is 78.3 cm³/mol. The Morgan fingerprint density at radius 2 is 1.89 bits per heavy atom. The molecule has 0 bridgehead atoms. The van der Waals surface area contributed by atoms with Crippen LogP contribution in [0.5, 0.6) is 0 Å². The highest BCUT2D eigenvalue weighted by Crippen LogP contribution is 2.30. The summed E-state index contributed by atoms with van der Waals surface area (Å²) in [7, 11) is 1.10. The number of hydrogen-bond acceptors (Lipinski definition) is 4. The molecule has 0 aliphatic carbocycles. The van der Waals surface area contributed by atoms with E-state index in [1.165, 1.54) is 0 Å². The van der Waals surface area contributed by atoms with E-state index in [4.69, 9.17) is 23.2 Å². The van der Waals surface area contributed by atoms with E-state index in [2.05, 4.69) is 15.6 Å². The van der Waals surface area contributed by atoms with Crippen LogP contribution in [0.25, 0.3) is 0 Å². The number of nitrogens with zero attached hydrogens (tertiary/aromatic N) is 1. The van der Waals surface area contributed by atoms with Crippen molar-refractivity contribution in [3.63, 3.8) is 0 Å². The summed E-state index contributed by atoms with van der Waals surface area (Å²) in [5, 5.41) is 7.22. The first-order valence-electron chi connectivity index (χ1n) is 5.75. The third-order valence-corrected chi connectivity index (χ3v) is 4.85. The maximum absolute atomic E-state index is 11.3. The Morgan fingerprint density at radius 3 is 2.50 bits per heavy atom. The van der Waals surface area contributed by atoms with Crippen molar-refractivity contribution in [2.45, 2.75) is 18.9 Å². The van der Waals surface area contributed by atoms with Crippen molar-refractivity contribution in [2.75, 3.05) is 29.2 Å². The summed E-state index contributed by atoms with van der Waals surface area (Å²) in [5.41, 5.74) is 0. The van der Waals surface area contributed by atoms with Gasteiger partial charge in [-0.1, -0.05) is 23.2 Å². The number of nitrogens with one attached hydrogen (secondary N) is 2. The largest absolute Gasteiger partial charge is 0.372 e. The van der Waals surface area contributed by atoms with Crippen LogP contribution in [0.2, 0.25) is 10.0 Å². The van der Waals surface area contributed by atoms with Crippen LogP contribution < -0.4 is 10.6 Å². The number of hydrogen-bond donors (Lipinski definition) is 2. The van der Waals surface area contributed by atoms with Gasteiger partial charge in [0, 0.05) is 35.4 Å². The minimum Gasteiger partial charge on any atom is -0.372 e. The fourth-order valence-corrected chi connectivity index (χ4v) is 3.68. The summed E-state index contributed by atoms with van der Waals surface area (Å²) in [6, 6.07) is 1.95. The SMILES string of the molecule is CNc1nc(NC2CCS(=O)CC2)c(Cl)cc1Cl. The molecule has 0 saturated carbocycles. The number of anilines is 2. The Balaban J connectivity index is 2.11. The van der Waals surface area contributed by atoms with Crippen molar-refractivity contribution < 1.29 is 4.21 Å². The highest BCUT2D eigenvalue weighted by Gasteiger charge is 2.19. The Morgan fingerprint density at radius 1 is 1.28 bits per heavy atom. The molecule has 2 N–H and O–H groups in total.